The molecule has 0 unspecified atom stereocenters. The number of aromatic nitrogens is 1. The normalized spacial score (nSPS) is 14.5. The third-order valence-electron chi connectivity index (χ3n) is 5.51. The van der Waals surface area contributed by atoms with Gasteiger partial charge in [0.05, 0.1) is 22.7 Å². The van der Waals surface area contributed by atoms with E-state index < -0.39 is 0 Å². The van der Waals surface area contributed by atoms with Crippen LogP contribution in [-0.2, 0) is 0 Å². The number of thiazole rings is 1. The highest BCUT2D eigenvalue weighted by molar-refractivity contribution is 7.15. The second-order valence-electron chi connectivity index (χ2n) is 7.53. The molecule has 31 heavy (non-hydrogen) atoms. The first-order chi connectivity index (χ1) is 15.0. The molecule has 1 aromatic heterocycles. The van der Waals surface area contributed by atoms with Gasteiger partial charge in [0.15, 0.2) is 0 Å². The number of benzene rings is 2. The molecule has 1 aliphatic heterocycles. The molecule has 3 aromatic rings. The first kappa shape index (κ1) is 21.3. The molecule has 162 valence electrons. The van der Waals surface area contributed by atoms with Crippen molar-refractivity contribution in [3.05, 3.63) is 59.4 Å². The van der Waals surface area contributed by atoms with Crippen LogP contribution in [0.2, 0.25) is 0 Å². The highest BCUT2D eigenvalue weighted by atomic mass is 32.1. The summed E-state index contributed by atoms with van der Waals surface area (Å²) in [6.07, 6.45) is 1.55. The molecular weight excluding hydrogens is 417 g/mol. The molecule has 0 saturated carbocycles. The van der Waals surface area contributed by atoms with E-state index >= 15 is 0 Å². The van der Waals surface area contributed by atoms with Gasteiger partial charge in [-0.15, -0.1) is 11.3 Å². The van der Waals surface area contributed by atoms with Gasteiger partial charge in [0.25, 0.3) is 0 Å². The number of ether oxygens (including phenoxy) is 1. The van der Waals surface area contributed by atoms with Crippen molar-refractivity contribution in [2.24, 2.45) is 0 Å². The molecule has 6 nitrogen and oxygen atoms in total. The van der Waals surface area contributed by atoms with E-state index in [4.69, 9.17) is 9.72 Å². The fraction of sp³-hybridized carbons (Fsp3) is 0.304. The highest BCUT2D eigenvalue weighted by Gasteiger charge is 2.28. The topological polar surface area (TPSA) is 65.9 Å². The summed E-state index contributed by atoms with van der Waals surface area (Å²) in [5.74, 6) is 0.725. The number of nitrogens with zero attached hydrogens (tertiary/aromatic N) is 3. The lowest BCUT2D eigenvalue weighted by atomic mass is 9.97. The van der Waals surface area contributed by atoms with Crippen molar-refractivity contribution in [1.82, 2.24) is 14.9 Å². The summed E-state index contributed by atoms with van der Waals surface area (Å²) >= 11 is 1.62. The van der Waals surface area contributed by atoms with E-state index in [9.17, 15) is 14.4 Å². The van der Waals surface area contributed by atoms with Crippen LogP contribution in [0.15, 0.2) is 48.5 Å². The van der Waals surface area contributed by atoms with Crippen molar-refractivity contribution in [3.8, 4) is 27.4 Å². The number of hydroxylamine groups is 2. The van der Waals surface area contributed by atoms with Gasteiger partial charge in [-0.2, -0.15) is 0 Å². The second-order valence-corrected chi connectivity index (χ2v) is 8.56. The maximum Gasteiger partial charge on any atom is 0.343 e. The second kappa shape index (κ2) is 9.03. The number of halogens is 1. The standard InChI is InChI=1S/C23H24FN3O3S/c1-26(29)23(28)27-13-11-17(12-14-27)22-25-20(15-5-9-19(30-2)10-6-15)21(31-22)16-3-7-18(24)8-4-16/h3-10,17,29H,11-14H2,1-2H3. The fourth-order valence-electron chi connectivity index (χ4n) is 3.78. The molecule has 2 aromatic carbocycles. The van der Waals surface area contributed by atoms with Gasteiger partial charge >= 0.3 is 6.03 Å². The maximum atomic E-state index is 13.5. The van der Waals surface area contributed by atoms with Gasteiger partial charge in [0.1, 0.15) is 11.6 Å². The largest absolute Gasteiger partial charge is 0.497 e. The Hall–Kier alpha value is -2.97. The Morgan fingerprint density at radius 1 is 1.13 bits per heavy atom. The number of piperidine rings is 1. The van der Waals surface area contributed by atoms with Crippen molar-refractivity contribution < 1.29 is 19.1 Å². The van der Waals surface area contributed by atoms with Gasteiger partial charge in [-0.3, -0.25) is 5.21 Å². The molecule has 2 amide bonds. The summed E-state index contributed by atoms with van der Waals surface area (Å²) in [4.78, 5) is 19.6. The molecule has 1 N–H and O–H groups in total. The van der Waals surface area contributed by atoms with Crippen LogP contribution in [0, 0.1) is 5.82 Å². The number of hydrogen-bond donors (Lipinski definition) is 1. The maximum absolute atomic E-state index is 13.5. The number of amides is 2. The van der Waals surface area contributed by atoms with Gasteiger partial charge in [-0.1, -0.05) is 12.1 Å². The van der Waals surface area contributed by atoms with Crippen LogP contribution < -0.4 is 4.74 Å². The monoisotopic (exact) mass is 441 g/mol. The zero-order chi connectivity index (χ0) is 22.0. The Morgan fingerprint density at radius 3 is 2.32 bits per heavy atom. The lowest BCUT2D eigenvalue weighted by Gasteiger charge is -2.32. The molecular formula is C23H24FN3O3S. The number of carbonyl (C=O) groups is 1. The molecule has 4 rings (SSSR count). The molecule has 0 spiro atoms. The molecule has 2 heterocycles. The molecule has 0 aliphatic carbocycles. The number of likely N-dealkylation sites (tertiary alicyclic amines) is 1. The van der Waals surface area contributed by atoms with Gasteiger partial charge in [0.2, 0.25) is 0 Å². The van der Waals surface area contributed by atoms with E-state index in [1.165, 1.54) is 19.2 Å². The minimum atomic E-state index is -0.386. The van der Waals surface area contributed by atoms with Gasteiger partial charge < -0.3 is 9.64 Å². The lowest BCUT2D eigenvalue weighted by molar-refractivity contribution is -0.0356. The Kier molecular flexibility index (Phi) is 6.20. The number of carbonyl (C=O) groups excluding carboxylic acids is 1. The molecule has 0 radical (unpaired) electrons. The van der Waals surface area contributed by atoms with Crippen LogP contribution in [0.1, 0.15) is 23.8 Å². The third kappa shape index (κ3) is 4.55. The van der Waals surface area contributed by atoms with Gasteiger partial charge in [-0.25, -0.2) is 19.2 Å². The van der Waals surface area contributed by atoms with Crippen molar-refractivity contribution in [2.75, 3.05) is 27.2 Å². The Morgan fingerprint density at radius 2 is 1.74 bits per heavy atom. The minimum Gasteiger partial charge on any atom is -0.497 e. The van der Waals surface area contributed by atoms with E-state index in [0.717, 1.165) is 45.3 Å². The van der Waals surface area contributed by atoms with Crippen molar-refractivity contribution in [2.45, 2.75) is 18.8 Å². The van der Waals surface area contributed by atoms with E-state index in [1.54, 1.807) is 35.5 Å². The summed E-state index contributed by atoms with van der Waals surface area (Å²) in [7, 11) is 2.97. The Bertz CT molecular complexity index is 1040. The van der Waals surface area contributed by atoms with E-state index in [-0.39, 0.29) is 17.8 Å². The molecule has 1 aliphatic rings. The number of urea groups is 1. The third-order valence-corrected chi connectivity index (χ3v) is 6.77. The van der Waals surface area contributed by atoms with Crippen LogP contribution in [-0.4, -0.2) is 53.4 Å². The zero-order valence-electron chi connectivity index (χ0n) is 17.4. The minimum absolute atomic E-state index is 0.226. The molecule has 1 fully saturated rings. The average Bonchev–Trinajstić information content (AvgIpc) is 3.24. The summed E-state index contributed by atoms with van der Waals surface area (Å²) in [5, 5.41) is 11.0. The van der Waals surface area contributed by atoms with Crippen LogP contribution in [0.3, 0.4) is 0 Å². The summed E-state index contributed by atoms with van der Waals surface area (Å²) in [6.45, 7) is 1.13. The van der Waals surface area contributed by atoms with E-state index in [0.29, 0.717) is 18.2 Å². The smallest absolute Gasteiger partial charge is 0.343 e. The van der Waals surface area contributed by atoms with E-state index in [2.05, 4.69) is 0 Å². The quantitative estimate of drug-likeness (QED) is 0.444. The van der Waals surface area contributed by atoms with Crippen molar-refractivity contribution >= 4 is 17.4 Å². The van der Waals surface area contributed by atoms with Gasteiger partial charge in [-0.05, 0) is 54.8 Å². The lowest BCUT2D eigenvalue weighted by Crippen LogP contribution is -2.43. The number of hydrogen-bond acceptors (Lipinski definition) is 5. The first-order valence-electron chi connectivity index (χ1n) is 10.1. The summed E-state index contributed by atoms with van der Waals surface area (Å²) in [5.41, 5.74) is 2.76. The predicted octanol–water partition coefficient (Wildman–Crippen LogP) is 5.25. The summed E-state index contributed by atoms with van der Waals surface area (Å²) in [6, 6.07) is 13.8. The Balaban J connectivity index is 1.65. The van der Waals surface area contributed by atoms with Crippen LogP contribution in [0.25, 0.3) is 21.7 Å². The Labute approximate surface area is 184 Å². The zero-order valence-corrected chi connectivity index (χ0v) is 18.2. The molecule has 0 bridgehead atoms. The molecule has 8 heteroatoms. The SMILES string of the molecule is COc1ccc(-c2nc(C3CCN(C(=O)N(C)O)CC3)sc2-c2ccc(F)cc2)cc1. The predicted molar refractivity (Wildman–Crippen MR) is 118 cm³/mol. The first-order valence-corrected chi connectivity index (χ1v) is 10.9. The fourth-order valence-corrected chi connectivity index (χ4v) is 5.04. The van der Waals surface area contributed by atoms with Crippen LogP contribution in [0.4, 0.5) is 9.18 Å². The van der Waals surface area contributed by atoms with Crippen molar-refractivity contribution in [1.29, 1.82) is 0 Å². The van der Waals surface area contributed by atoms with Crippen molar-refractivity contribution in [3.63, 3.8) is 0 Å². The molecule has 0 atom stereocenters. The average molecular weight is 442 g/mol. The van der Waals surface area contributed by atoms with E-state index in [1.807, 2.05) is 24.3 Å². The molecule has 1 saturated heterocycles. The van der Waals surface area contributed by atoms with Crippen LogP contribution >= 0.6 is 11.3 Å². The summed E-state index contributed by atoms with van der Waals surface area (Å²) < 4.78 is 18.8. The number of rotatable bonds is 4. The number of methoxy groups -OCH3 is 1. The van der Waals surface area contributed by atoms with Gasteiger partial charge in [0, 0.05) is 31.6 Å². The highest BCUT2D eigenvalue weighted by Crippen LogP contribution is 2.42. The van der Waals surface area contributed by atoms with Crippen LogP contribution in [0.5, 0.6) is 5.75 Å².